The van der Waals surface area contributed by atoms with Crippen LogP contribution in [0.4, 0.5) is 23.1 Å². The second-order valence-corrected chi connectivity index (χ2v) is 7.58. The van der Waals surface area contributed by atoms with E-state index in [4.69, 9.17) is 10.5 Å². The van der Waals surface area contributed by atoms with Gasteiger partial charge in [-0.15, -0.1) is 0 Å². The van der Waals surface area contributed by atoms with Gasteiger partial charge in [0.2, 0.25) is 0 Å². The molecular formula is C23H30N8O3. The van der Waals surface area contributed by atoms with E-state index < -0.39 is 5.91 Å². The van der Waals surface area contributed by atoms with Gasteiger partial charge in [0.05, 0.1) is 5.69 Å². The SMILES string of the molecule is CC#CC(=O)NCCNc1cc(Nc2nc(NC3CCOCC3)c(CC)nc2C(N)=O)ccn1. The fourth-order valence-corrected chi connectivity index (χ4v) is 3.39. The molecule has 34 heavy (non-hydrogen) atoms. The summed E-state index contributed by atoms with van der Waals surface area (Å²) >= 11 is 0. The van der Waals surface area contributed by atoms with Crippen LogP contribution in [0.25, 0.3) is 0 Å². The van der Waals surface area contributed by atoms with Gasteiger partial charge < -0.3 is 31.7 Å². The lowest BCUT2D eigenvalue weighted by Gasteiger charge is -2.25. The number of anilines is 4. The second-order valence-electron chi connectivity index (χ2n) is 7.58. The molecule has 1 saturated heterocycles. The molecule has 1 fully saturated rings. The maximum Gasteiger partial charge on any atom is 0.295 e. The molecule has 0 radical (unpaired) electrons. The minimum absolute atomic E-state index is 0.0699. The average Bonchev–Trinajstić information content (AvgIpc) is 2.83. The number of primary amides is 1. The fraction of sp³-hybridized carbons (Fsp3) is 0.435. The monoisotopic (exact) mass is 466 g/mol. The fourth-order valence-electron chi connectivity index (χ4n) is 3.39. The highest BCUT2D eigenvalue weighted by molar-refractivity contribution is 5.96. The number of hydrogen-bond donors (Lipinski definition) is 5. The molecule has 0 aliphatic carbocycles. The highest BCUT2D eigenvalue weighted by Gasteiger charge is 2.20. The van der Waals surface area contributed by atoms with E-state index in [0.717, 1.165) is 12.8 Å². The number of nitrogens with zero attached hydrogens (tertiary/aromatic N) is 3. The summed E-state index contributed by atoms with van der Waals surface area (Å²) in [5.41, 5.74) is 6.99. The molecule has 0 spiro atoms. The second kappa shape index (κ2) is 12.4. The van der Waals surface area contributed by atoms with E-state index in [1.54, 1.807) is 25.3 Å². The Morgan fingerprint density at radius 1 is 1.21 bits per heavy atom. The van der Waals surface area contributed by atoms with Gasteiger partial charge in [-0.3, -0.25) is 9.59 Å². The number of nitrogens with two attached hydrogens (primary N) is 1. The Hall–Kier alpha value is -3.91. The van der Waals surface area contributed by atoms with Crippen molar-refractivity contribution in [3.63, 3.8) is 0 Å². The Labute approximate surface area is 198 Å². The third kappa shape index (κ3) is 7.05. The van der Waals surface area contributed by atoms with Gasteiger partial charge in [0, 0.05) is 50.3 Å². The van der Waals surface area contributed by atoms with Crippen molar-refractivity contribution in [3.8, 4) is 11.8 Å². The van der Waals surface area contributed by atoms with Crippen LogP contribution in [0.1, 0.15) is 42.9 Å². The summed E-state index contributed by atoms with van der Waals surface area (Å²) in [6.07, 6.45) is 3.96. The summed E-state index contributed by atoms with van der Waals surface area (Å²) in [5.74, 6) is 5.44. The normalized spacial score (nSPS) is 13.4. The number of amides is 2. The first-order valence-electron chi connectivity index (χ1n) is 11.2. The maximum atomic E-state index is 12.1. The molecule has 3 rings (SSSR count). The Kier molecular flexibility index (Phi) is 8.99. The Morgan fingerprint density at radius 2 is 2.00 bits per heavy atom. The molecule has 0 bridgehead atoms. The van der Waals surface area contributed by atoms with Crippen LogP contribution in [0.3, 0.4) is 0 Å². The van der Waals surface area contributed by atoms with Crippen LogP contribution >= 0.6 is 0 Å². The van der Waals surface area contributed by atoms with E-state index in [1.807, 2.05) is 6.92 Å². The minimum atomic E-state index is -0.666. The van der Waals surface area contributed by atoms with Crippen LogP contribution in [0.5, 0.6) is 0 Å². The predicted octanol–water partition coefficient (Wildman–Crippen LogP) is 1.42. The largest absolute Gasteiger partial charge is 0.381 e. The molecule has 2 aromatic rings. The van der Waals surface area contributed by atoms with Crippen molar-refractivity contribution in [1.29, 1.82) is 0 Å². The highest BCUT2D eigenvalue weighted by Crippen LogP contribution is 2.25. The lowest BCUT2D eigenvalue weighted by atomic mass is 10.1. The molecule has 11 nitrogen and oxygen atoms in total. The number of ether oxygens (including phenoxy) is 1. The summed E-state index contributed by atoms with van der Waals surface area (Å²) in [4.78, 5) is 36.9. The van der Waals surface area contributed by atoms with Crippen molar-refractivity contribution >= 4 is 35.0 Å². The standard InChI is InChI=1S/C23H30N8O3/c1-3-5-19(32)27-11-10-26-18-14-16(6-9-25-18)29-23-20(21(24)33)30-17(4-2)22(31-23)28-15-7-12-34-13-8-15/h6,9,14-15H,4,7-8,10-13H2,1-2H3,(H2,24,33)(H,27,32)(H3,25,26,28,29,31). The molecule has 1 aliphatic rings. The topological polar surface area (TPSA) is 156 Å². The van der Waals surface area contributed by atoms with Crippen molar-refractivity contribution in [3.05, 3.63) is 29.7 Å². The zero-order valence-electron chi connectivity index (χ0n) is 19.4. The van der Waals surface area contributed by atoms with Crippen LogP contribution in [0.15, 0.2) is 18.3 Å². The number of pyridine rings is 1. The number of carbonyl (C=O) groups excluding carboxylic acids is 2. The molecule has 0 aromatic carbocycles. The van der Waals surface area contributed by atoms with Crippen molar-refractivity contribution < 1.29 is 14.3 Å². The van der Waals surface area contributed by atoms with E-state index in [-0.39, 0.29) is 23.5 Å². The van der Waals surface area contributed by atoms with Gasteiger partial charge >= 0.3 is 0 Å². The first kappa shape index (κ1) is 24.7. The van der Waals surface area contributed by atoms with E-state index in [2.05, 4.69) is 48.1 Å². The summed E-state index contributed by atoms with van der Waals surface area (Å²) in [5, 5.41) is 12.4. The van der Waals surface area contributed by atoms with Crippen LogP contribution in [0, 0.1) is 11.8 Å². The predicted molar refractivity (Wildman–Crippen MR) is 130 cm³/mol. The summed E-state index contributed by atoms with van der Waals surface area (Å²) < 4.78 is 5.43. The molecule has 0 atom stereocenters. The lowest BCUT2D eigenvalue weighted by Crippen LogP contribution is -2.29. The maximum absolute atomic E-state index is 12.1. The van der Waals surface area contributed by atoms with Crippen LogP contribution in [-0.4, -0.2) is 59.1 Å². The average molecular weight is 467 g/mol. The smallest absolute Gasteiger partial charge is 0.295 e. The molecule has 2 amide bonds. The van der Waals surface area contributed by atoms with Crippen LogP contribution < -0.4 is 27.0 Å². The van der Waals surface area contributed by atoms with Gasteiger partial charge in [0.25, 0.3) is 11.8 Å². The highest BCUT2D eigenvalue weighted by atomic mass is 16.5. The number of aryl methyl sites for hydroxylation is 1. The summed E-state index contributed by atoms with van der Waals surface area (Å²) in [6, 6.07) is 3.73. The van der Waals surface area contributed by atoms with Crippen molar-refractivity contribution in [2.45, 2.75) is 39.2 Å². The summed E-state index contributed by atoms with van der Waals surface area (Å²) in [6.45, 7) is 5.80. The van der Waals surface area contributed by atoms with Gasteiger partial charge in [-0.05, 0) is 38.2 Å². The van der Waals surface area contributed by atoms with Gasteiger partial charge in [0.1, 0.15) is 5.82 Å². The first-order chi connectivity index (χ1) is 16.5. The van der Waals surface area contributed by atoms with Crippen LogP contribution in [0.2, 0.25) is 0 Å². The zero-order chi connectivity index (χ0) is 24.3. The van der Waals surface area contributed by atoms with Crippen molar-refractivity contribution in [1.82, 2.24) is 20.3 Å². The van der Waals surface area contributed by atoms with Gasteiger partial charge in [0.15, 0.2) is 17.3 Å². The summed E-state index contributed by atoms with van der Waals surface area (Å²) in [7, 11) is 0. The molecule has 1 aliphatic heterocycles. The van der Waals surface area contributed by atoms with E-state index in [1.165, 1.54) is 0 Å². The number of carbonyl (C=O) groups is 2. The lowest BCUT2D eigenvalue weighted by molar-refractivity contribution is -0.115. The molecule has 3 heterocycles. The van der Waals surface area contributed by atoms with E-state index in [0.29, 0.717) is 55.7 Å². The Balaban J connectivity index is 1.74. The Morgan fingerprint density at radius 3 is 2.71 bits per heavy atom. The molecule has 2 aromatic heterocycles. The van der Waals surface area contributed by atoms with Crippen molar-refractivity contribution in [2.75, 3.05) is 42.3 Å². The minimum Gasteiger partial charge on any atom is -0.381 e. The van der Waals surface area contributed by atoms with E-state index >= 15 is 0 Å². The molecule has 6 N–H and O–H groups in total. The molecule has 11 heteroatoms. The Bertz CT molecular complexity index is 1070. The number of rotatable bonds is 10. The van der Waals surface area contributed by atoms with Crippen LogP contribution in [-0.2, 0) is 16.0 Å². The quantitative estimate of drug-likeness (QED) is 0.258. The third-order valence-corrected chi connectivity index (χ3v) is 5.08. The number of nitrogens with one attached hydrogen (secondary N) is 4. The van der Waals surface area contributed by atoms with E-state index in [9.17, 15) is 9.59 Å². The van der Waals surface area contributed by atoms with Gasteiger partial charge in [-0.25, -0.2) is 15.0 Å². The molecule has 0 unspecified atom stereocenters. The third-order valence-electron chi connectivity index (χ3n) is 5.08. The number of aromatic nitrogens is 3. The number of hydrogen-bond acceptors (Lipinski definition) is 9. The molecule has 180 valence electrons. The van der Waals surface area contributed by atoms with Gasteiger partial charge in [-0.2, -0.15) is 0 Å². The zero-order valence-corrected chi connectivity index (χ0v) is 19.4. The van der Waals surface area contributed by atoms with Gasteiger partial charge in [-0.1, -0.05) is 12.8 Å². The first-order valence-corrected chi connectivity index (χ1v) is 11.2. The van der Waals surface area contributed by atoms with Crippen molar-refractivity contribution in [2.24, 2.45) is 5.73 Å². The molecule has 0 saturated carbocycles. The molecular weight excluding hydrogens is 436 g/mol.